The van der Waals surface area contributed by atoms with Gasteiger partial charge in [0.25, 0.3) is 5.91 Å². The molecule has 3 heterocycles. The van der Waals surface area contributed by atoms with E-state index in [0.29, 0.717) is 46.4 Å². The summed E-state index contributed by atoms with van der Waals surface area (Å²) < 4.78 is 39.3. The molecule has 3 aromatic rings. The number of pyridine rings is 1. The van der Waals surface area contributed by atoms with E-state index in [1.807, 2.05) is 4.90 Å². The summed E-state index contributed by atoms with van der Waals surface area (Å²) in [5, 5.41) is 0.442. The lowest BCUT2D eigenvalue weighted by molar-refractivity contribution is -0.137. The van der Waals surface area contributed by atoms with E-state index in [2.05, 4.69) is 15.0 Å². The monoisotopic (exact) mass is 486 g/mol. The Bertz CT molecular complexity index is 1200. The molecule has 1 amide bonds. The molecule has 1 saturated carbocycles. The Hall–Kier alpha value is -3.00. The van der Waals surface area contributed by atoms with Crippen molar-refractivity contribution < 1.29 is 18.0 Å². The smallest absolute Gasteiger partial charge is 0.332 e. The standard InChI is InChI=1S/C25H22ClF3N4O/c26-17-3-7-20(23-31-9-1-10-32-23)21(14-17)24(34)33-19(5-2-15-12-22(15)33)6-4-18-13-16(8-11-30-18)25(27,28)29/h1,3,7-11,13-15,19,22H,2,4-6,12H2/t15-,19-,22+/m0/s1. The third-order valence-electron chi connectivity index (χ3n) is 6.64. The largest absolute Gasteiger partial charge is 0.416 e. The first-order chi connectivity index (χ1) is 16.3. The molecule has 1 aromatic carbocycles. The van der Waals surface area contributed by atoms with Crippen LogP contribution in [0.15, 0.2) is 55.0 Å². The summed E-state index contributed by atoms with van der Waals surface area (Å²) in [6.45, 7) is 0. The van der Waals surface area contributed by atoms with Crippen LogP contribution in [0.25, 0.3) is 11.4 Å². The summed E-state index contributed by atoms with van der Waals surface area (Å²) in [5.41, 5.74) is 0.716. The van der Waals surface area contributed by atoms with Crippen molar-refractivity contribution in [2.45, 2.75) is 50.4 Å². The Labute approximate surface area is 200 Å². The van der Waals surface area contributed by atoms with Crippen LogP contribution in [0.4, 0.5) is 13.2 Å². The number of aryl methyl sites for hydroxylation is 1. The molecule has 0 unspecified atom stereocenters. The van der Waals surface area contributed by atoms with Crippen LogP contribution in [0, 0.1) is 5.92 Å². The van der Waals surface area contributed by atoms with Gasteiger partial charge in [0.2, 0.25) is 0 Å². The van der Waals surface area contributed by atoms with Gasteiger partial charge >= 0.3 is 6.18 Å². The average molecular weight is 487 g/mol. The molecule has 34 heavy (non-hydrogen) atoms. The van der Waals surface area contributed by atoms with E-state index in [9.17, 15) is 18.0 Å². The lowest BCUT2D eigenvalue weighted by Crippen LogP contribution is -2.45. The second-order valence-electron chi connectivity index (χ2n) is 8.84. The molecule has 1 aliphatic carbocycles. The molecule has 2 fully saturated rings. The predicted molar refractivity (Wildman–Crippen MR) is 121 cm³/mol. The van der Waals surface area contributed by atoms with Crippen LogP contribution in [0.2, 0.25) is 5.02 Å². The van der Waals surface area contributed by atoms with Gasteiger partial charge in [0.05, 0.1) is 11.1 Å². The van der Waals surface area contributed by atoms with Gasteiger partial charge in [0.1, 0.15) is 0 Å². The van der Waals surface area contributed by atoms with Crippen molar-refractivity contribution in [2.24, 2.45) is 5.92 Å². The fourth-order valence-electron chi connectivity index (χ4n) is 4.87. The summed E-state index contributed by atoms with van der Waals surface area (Å²) >= 11 is 6.25. The predicted octanol–water partition coefficient (Wildman–Crippen LogP) is 5.84. The summed E-state index contributed by atoms with van der Waals surface area (Å²) in [7, 11) is 0. The van der Waals surface area contributed by atoms with E-state index in [1.54, 1.807) is 36.7 Å². The fraction of sp³-hybridized carbons (Fsp3) is 0.360. The quantitative estimate of drug-likeness (QED) is 0.455. The van der Waals surface area contributed by atoms with Crippen molar-refractivity contribution in [1.82, 2.24) is 19.9 Å². The molecule has 3 atom stereocenters. The molecule has 0 N–H and O–H groups in total. The summed E-state index contributed by atoms with van der Waals surface area (Å²) in [6, 6.07) is 8.93. The van der Waals surface area contributed by atoms with Crippen LogP contribution in [-0.2, 0) is 12.6 Å². The zero-order valence-electron chi connectivity index (χ0n) is 18.2. The SMILES string of the molecule is O=C(c1cc(Cl)ccc1-c1ncccn1)N1[C@H](CCc2cc(C(F)(F)F)ccn2)CC[C@H]2C[C@H]21. The molecule has 2 aliphatic rings. The highest BCUT2D eigenvalue weighted by molar-refractivity contribution is 6.31. The third-order valence-corrected chi connectivity index (χ3v) is 6.87. The van der Waals surface area contributed by atoms with E-state index in [0.717, 1.165) is 31.4 Å². The van der Waals surface area contributed by atoms with Gasteiger partial charge in [-0.3, -0.25) is 9.78 Å². The second-order valence-corrected chi connectivity index (χ2v) is 9.28. The number of hydrogen-bond donors (Lipinski definition) is 0. The van der Waals surface area contributed by atoms with E-state index >= 15 is 0 Å². The van der Waals surface area contributed by atoms with E-state index < -0.39 is 11.7 Å². The van der Waals surface area contributed by atoms with Crippen LogP contribution >= 0.6 is 11.6 Å². The number of likely N-dealkylation sites (tertiary alicyclic amines) is 1. The lowest BCUT2D eigenvalue weighted by atomic mass is 9.95. The van der Waals surface area contributed by atoms with Gasteiger partial charge in [-0.25, -0.2) is 9.97 Å². The van der Waals surface area contributed by atoms with Gasteiger partial charge in [-0.2, -0.15) is 13.2 Å². The van der Waals surface area contributed by atoms with Crippen molar-refractivity contribution in [1.29, 1.82) is 0 Å². The van der Waals surface area contributed by atoms with Crippen molar-refractivity contribution in [2.75, 3.05) is 0 Å². The molecule has 9 heteroatoms. The zero-order valence-corrected chi connectivity index (χ0v) is 18.9. The highest BCUT2D eigenvalue weighted by Crippen LogP contribution is 2.47. The minimum Gasteiger partial charge on any atom is -0.332 e. The van der Waals surface area contributed by atoms with Crippen LogP contribution < -0.4 is 0 Å². The van der Waals surface area contributed by atoms with Gasteiger partial charge in [0.15, 0.2) is 5.82 Å². The summed E-state index contributed by atoms with van der Waals surface area (Å²) in [4.78, 5) is 28.5. The first-order valence-corrected chi connectivity index (χ1v) is 11.6. The van der Waals surface area contributed by atoms with Crippen molar-refractivity contribution in [3.05, 3.63) is 76.8 Å². The Morgan fingerprint density at radius 3 is 2.62 bits per heavy atom. The molecular formula is C25H22ClF3N4O. The number of piperidine rings is 1. The van der Waals surface area contributed by atoms with Crippen LogP contribution in [0.5, 0.6) is 0 Å². The maximum Gasteiger partial charge on any atom is 0.416 e. The Morgan fingerprint density at radius 1 is 1.06 bits per heavy atom. The van der Waals surface area contributed by atoms with Gasteiger partial charge in [-0.1, -0.05) is 11.6 Å². The molecule has 2 aromatic heterocycles. The molecular weight excluding hydrogens is 465 g/mol. The first kappa shape index (κ1) is 22.8. The van der Waals surface area contributed by atoms with Gasteiger partial charge in [-0.05, 0) is 74.4 Å². The number of rotatable bonds is 5. The molecule has 5 rings (SSSR count). The van der Waals surface area contributed by atoms with Crippen LogP contribution in [-0.4, -0.2) is 37.8 Å². The molecule has 0 radical (unpaired) electrons. The highest BCUT2D eigenvalue weighted by atomic mass is 35.5. The van der Waals surface area contributed by atoms with E-state index in [-0.39, 0.29) is 18.0 Å². The number of carbonyl (C=O) groups is 1. The minimum absolute atomic E-state index is 0.0869. The van der Waals surface area contributed by atoms with E-state index in [4.69, 9.17) is 11.6 Å². The number of amides is 1. The Morgan fingerprint density at radius 2 is 1.85 bits per heavy atom. The second kappa shape index (κ2) is 8.98. The van der Waals surface area contributed by atoms with Gasteiger partial charge in [0, 0.05) is 47.0 Å². The summed E-state index contributed by atoms with van der Waals surface area (Å²) in [6.07, 6.45) is 3.69. The number of aromatic nitrogens is 3. The first-order valence-electron chi connectivity index (χ1n) is 11.2. The molecule has 0 bridgehead atoms. The normalized spacial score (nSPS) is 21.8. The van der Waals surface area contributed by atoms with E-state index in [1.165, 1.54) is 6.20 Å². The van der Waals surface area contributed by atoms with Gasteiger partial charge < -0.3 is 4.90 Å². The number of hydrogen-bond acceptors (Lipinski definition) is 4. The van der Waals surface area contributed by atoms with Crippen LogP contribution in [0.3, 0.4) is 0 Å². The number of halogens is 4. The Balaban J connectivity index is 1.41. The maximum atomic E-state index is 13.8. The average Bonchev–Trinajstić information content (AvgIpc) is 3.62. The highest BCUT2D eigenvalue weighted by Gasteiger charge is 2.50. The zero-order chi connectivity index (χ0) is 23.9. The number of carbonyl (C=O) groups excluding carboxylic acids is 1. The summed E-state index contributed by atoms with van der Waals surface area (Å²) in [5.74, 6) is 0.776. The number of nitrogens with zero attached hydrogens (tertiary/aromatic N) is 4. The van der Waals surface area contributed by atoms with Crippen molar-refractivity contribution >= 4 is 17.5 Å². The molecule has 1 aliphatic heterocycles. The lowest BCUT2D eigenvalue weighted by Gasteiger charge is -2.36. The molecule has 176 valence electrons. The molecule has 5 nitrogen and oxygen atoms in total. The Kier molecular flexibility index (Phi) is 6.02. The van der Waals surface area contributed by atoms with Crippen LogP contribution in [0.1, 0.15) is 47.3 Å². The minimum atomic E-state index is -4.41. The fourth-order valence-corrected chi connectivity index (χ4v) is 5.04. The van der Waals surface area contributed by atoms with Crippen molar-refractivity contribution in [3.63, 3.8) is 0 Å². The topological polar surface area (TPSA) is 59.0 Å². The number of alkyl halides is 3. The molecule has 0 spiro atoms. The van der Waals surface area contributed by atoms with Gasteiger partial charge in [-0.15, -0.1) is 0 Å². The maximum absolute atomic E-state index is 13.8. The third kappa shape index (κ3) is 4.64. The number of benzene rings is 1. The molecule has 1 saturated heterocycles. The van der Waals surface area contributed by atoms with Crippen molar-refractivity contribution in [3.8, 4) is 11.4 Å². The number of fused-ring (bicyclic) bond motifs is 1.